The van der Waals surface area contributed by atoms with Crippen LogP contribution < -0.4 is 5.49 Å². The van der Waals surface area contributed by atoms with Crippen molar-refractivity contribution in [2.75, 3.05) is 0 Å². The molecule has 4 heteroatoms. The molecule has 24 heavy (non-hydrogen) atoms. The zero-order valence-corrected chi connectivity index (χ0v) is 14.9. The highest BCUT2D eigenvalue weighted by molar-refractivity contribution is 9.10. The van der Waals surface area contributed by atoms with E-state index in [9.17, 15) is 4.79 Å². The maximum Gasteiger partial charge on any atom is 0.278 e. The second-order valence-electron chi connectivity index (χ2n) is 5.60. The Morgan fingerprint density at radius 3 is 2.42 bits per heavy atom. The highest BCUT2D eigenvalue weighted by atomic mass is 79.9. The van der Waals surface area contributed by atoms with Gasteiger partial charge in [0.2, 0.25) is 0 Å². The van der Waals surface area contributed by atoms with E-state index in [1.807, 2.05) is 41.1 Å². The van der Waals surface area contributed by atoms with Crippen LogP contribution in [0.4, 0.5) is 0 Å². The largest absolute Gasteiger partial charge is 0.328 e. The summed E-state index contributed by atoms with van der Waals surface area (Å²) in [6.45, 7) is 2.74. The van der Waals surface area contributed by atoms with Gasteiger partial charge in [0.05, 0.1) is 0 Å². The minimum Gasteiger partial charge on any atom is -0.328 e. The molecule has 0 unspecified atom stereocenters. The molecule has 0 aliphatic heterocycles. The lowest BCUT2D eigenvalue weighted by atomic mass is 10.1. The third-order valence-corrected chi connectivity index (χ3v) is 4.23. The van der Waals surface area contributed by atoms with Gasteiger partial charge in [0.25, 0.3) is 5.91 Å². The maximum atomic E-state index is 12.4. The smallest absolute Gasteiger partial charge is 0.278 e. The first-order valence-electron chi connectivity index (χ1n) is 7.67. The van der Waals surface area contributed by atoms with Crippen molar-refractivity contribution in [1.82, 2.24) is 4.57 Å². The minimum absolute atomic E-state index is 0.244. The first kappa shape index (κ1) is 16.4. The summed E-state index contributed by atoms with van der Waals surface area (Å²) in [6.07, 6.45) is 1.94. The number of hydrogen-bond donors (Lipinski definition) is 0. The molecule has 1 amide bonds. The van der Waals surface area contributed by atoms with Gasteiger partial charge in [-0.15, -0.1) is 0 Å². The predicted octanol–water partition coefficient (Wildman–Crippen LogP) is 4.35. The second-order valence-corrected chi connectivity index (χ2v) is 6.51. The number of halogens is 1. The molecule has 0 fully saturated rings. The fraction of sp³-hybridized carbons (Fsp3) is 0.100. The van der Waals surface area contributed by atoms with Crippen LogP contribution >= 0.6 is 15.9 Å². The Kier molecular flexibility index (Phi) is 5.06. The first-order valence-corrected chi connectivity index (χ1v) is 8.47. The summed E-state index contributed by atoms with van der Waals surface area (Å²) in [5.41, 5.74) is 3.62. The number of aryl methyl sites for hydroxylation is 1. The summed E-state index contributed by atoms with van der Waals surface area (Å²) in [4.78, 5) is 16.7. The number of carbonyl (C=O) groups excluding carboxylic acids is 1. The van der Waals surface area contributed by atoms with Gasteiger partial charge in [-0.25, -0.2) is 0 Å². The Morgan fingerprint density at radius 2 is 1.71 bits per heavy atom. The second kappa shape index (κ2) is 7.41. The molecule has 0 aliphatic carbocycles. The van der Waals surface area contributed by atoms with Crippen molar-refractivity contribution in [3.05, 3.63) is 99.6 Å². The van der Waals surface area contributed by atoms with Gasteiger partial charge in [0.1, 0.15) is 5.49 Å². The van der Waals surface area contributed by atoms with Gasteiger partial charge < -0.3 is 4.57 Å². The third-order valence-electron chi connectivity index (χ3n) is 3.70. The highest BCUT2D eigenvalue weighted by Gasteiger charge is 2.04. The van der Waals surface area contributed by atoms with Gasteiger partial charge in [-0.2, -0.15) is 4.99 Å². The number of carbonyl (C=O) groups is 1. The van der Waals surface area contributed by atoms with E-state index < -0.39 is 0 Å². The monoisotopic (exact) mass is 380 g/mol. The molecule has 1 aromatic heterocycles. The molecule has 120 valence electrons. The number of pyridine rings is 1. The van der Waals surface area contributed by atoms with Crippen LogP contribution in [-0.2, 0) is 6.54 Å². The summed E-state index contributed by atoms with van der Waals surface area (Å²) in [5.74, 6) is -0.244. The van der Waals surface area contributed by atoms with Crippen molar-refractivity contribution >= 4 is 21.8 Å². The maximum absolute atomic E-state index is 12.4. The van der Waals surface area contributed by atoms with Crippen molar-refractivity contribution in [3.8, 4) is 0 Å². The van der Waals surface area contributed by atoms with Crippen molar-refractivity contribution < 1.29 is 4.79 Å². The standard InChI is InChI=1S/C20H17BrN2O/c1-15-5-7-16(8-6-15)14-23-13-3-2-4-19(23)22-20(24)17-9-11-18(21)12-10-17/h2-13H,14H2,1H3. The molecule has 0 aliphatic rings. The van der Waals surface area contributed by atoms with Gasteiger partial charge in [-0.1, -0.05) is 51.8 Å². The summed E-state index contributed by atoms with van der Waals surface area (Å²) < 4.78 is 2.91. The molecule has 0 spiro atoms. The number of hydrogen-bond acceptors (Lipinski definition) is 1. The molecule has 3 aromatic rings. The Labute approximate surface area is 149 Å². The number of amides is 1. The van der Waals surface area contributed by atoms with Crippen molar-refractivity contribution in [2.24, 2.45) is 4.99 Å². The van der Waals surface area contributed by atoms with E-state index in [0.29, 0.717) is 17.6 Å². The van der Waals surface area contributed by atoms with Crippen LogP contribution in [-0.4, -0.2) is 10.5 Å². The summed E-state index contributed by atoms with van der Waals surface area (Å²) >= 11 is 3.37. The van der Waals surface area contributed by atoms with Crippen molar-refractivity contribution in [1.29, 1.82) is 0 Å². The molecule has 1 heterocycles. The van der Waals surface area contributed by atoms with E-state index in [-0.39, 0.29) is 5.91 Å². The average molecular weight is 381 g/mol. The molecule has 3 nitrogen and oxygen atoms in total. The molecule has 0 saturated carbocycles. The normalized spacial score (nSPS) is 11.5. The molecule has 2 aromatic carbocycles. The van der Waals surface area contributed by atoms with Gasteiger partial charge in [0.15, 0.2) is 0 Å². The van der Waals surface area contributed by atoms with Gasteiger partial charge in [0, 0.05) is 22.8 Å². The molecule has 0 N–H and O–H groups in total. The van der Waals surface area contributed by atoms with E-state index in [2.05, 4.69) is 52.1 Å². The van der Waals surface area contributed by atoms with Crippen LogP contribution in [0.15, 0.2) is 82.4 Å². The molecule has 3 rings (SSSR count). The SMILES string of the molecule is Cc1ccc(Cn2ccccc2=NC(=O)c2ccc(Br)cc2)cc1. The molecular weight excluding hydrogens is 364 g/mol. The number of aromatic nitrogens is 1. The summed E-state index contributed by atoms with van der Waals surface area (Å²) in [5, 5.41) is 0. The van der Waals surface area contributed by atoms with E-state index >= 15 is 0 Å². The number of nitrogens with zero attached hydrogens (tertiary/aromatic N) is 2. The van der Waals surface area contributed by atoms with E-state index in [1.54, 1.807) is 12.1 Å². The third kappa shape index (κ3) is 4.09. The van der Waals surface area contributed by atoms with Gasteiger partial charge in [-0.3, -0.25) is 4.79 Å². The topological polar surface area (TPSA) is 34.4 Å². The van der Waals surface area contributed by atoms with Crippen LogP contribution in [0.1, 0.15) is 21.5 Å². The van der Waals surface area contributed by atoms with E-state index in [0.717, 1.165) is 4.47 Å². The van der Waals surface area contributed by atoms with Crippen molar-refractivity contribution in [3.63, 3.8) is 0 Å². The quantitative estimate of drug-likeness (QED) is 0.664. The van der Waals surface area contributed by atoms with Crippen LogP contribution in [0, 0.1) is 6.92 Å². The van der Waals surface area contributed by atoms with Gasteiger partial charge >= 0.3 is 0 Å². The zero-order chi connectivity index (χ0) is 16.9. The van der Waals surface area contributed by atoms with E-state index in [4.69, 9.17) is 0 Å². The van der Waals surface area contributed by atoms with Crippen LogP contribution in [0.2, 0.25) is 0 Å². The summed E-state index contributed by atoms with van der Waals surface area (Å²) in [7, 11) is 0. The zero-order valence-electron chi connectivity index (χ0n) is 13.3. The fourth-order valence-corrected chi connectivity index (χ4v) is 2.62. The summed E-state index contributed by atoms with van der Waals surface area (Å²) in [6, 6.07) is 21.3. The highest BCUT2D eigenvalue weighted by Crippen LogP contribution is 2.11. The average Bonchev–Trinajstić information content (AvgIpc) is 2.59. The van der Waals surface area contributed by atoms with Crippen LogP contribution in [0.5, 0.6) is 0 Å². The number of rotatable bonds is 3. The van der Waals surface area contributed by atoms with E-state index in [1.165, 1.54) is 11.1 Å². The Bertz CT molecular complexity index is 909. The Hall–Kier alpha value is -2.46. The fourth-order valence-electron chi connectivity index (χ4n) is 2.35. The number of benzene rings is 2. The lowest BCUT2D eigenvalue weighted by Gasteiger charge is -2.08. The Balaban J connectivity index is 1.92. The lowest BCUT2D eigenvalue weighted by molar-refractivity contribution is 0.0997. The minimum atomic E-state index is -0.244. The molecule has 0 bridgehead atoms. The van der Waals surface area contributed by atoms with Crippen molar-refractivity contribution in [2.45, 2.75) is 13.5 Å². The molecule has 0 atom stereocenters. The molecule has 0 radical (unpaired) electrons. The van der Waals surface area contributed by atoms with Crippen LogP contribution in [0.25, 0.3) is 0 Å². The molecular formula is C20H17BrN2O. The first-order chi connectivity index (χ1) is 11.6. The predicted molar refractivity (Wildman–Crippen MR) is 98.7 cm³/mol. The molecule has 0 saturated heterocycles. The lowest BCUT2D eigenvalue weighted by Crippen LogP contribution is -2.22. The van der Waals surface area contributed by atoms with Crippen LogP contribution in [0.3, 0.4) is 0 Å². The Morgan fingerprint density at radius 1 is 1.00 bits per heavy atom. The van der Waals surface area contributed by atoms with Gasteiger partial charge in [-0.05, 0) is 48.9 Å².